The maximum Gasteiger partial charge on any atom is 0.251 e. The summed E-state index contributed by atoms with van der Waals surface area (Å²) in [6.07, 6.45) is 6.42. The molecule has 2 aromatic heterocycles. The smallest absolute Gasteiger partial charge is 0.251 e. The summed E-state index contributed by atoms with van der Waals surface area (Å²) >= 11 is 0. The monoisotopic (exact) mass is 335 g/mol. The number of carbonyl (C=O) groups excluding carboxylic acids is 2. The van der Waals surface area contributed by atoms with Gasteiger partial charge in [-0.05, 0) is 48.6 Å². The standard InChI is InChI=1S/C18H17N5O2/c24-17(22-16-6-8-19-15-7-9-21-23(15)16)11-20-18(25)14-5-4-12-2-1-3-13(12)10-14/h4-10H,1-3,11H2,(H,20,25)(H,22,24). The number of hydrogen-bond donors (Lipinski definition) is 2. The molecule has 0 atom stereocenters. The third kappa shape index (κ3) is 3.08. The number of nitrogens with one attached hydrogen (secondary N) is 2. The summed E-state index contributed by atoms with van der Waals surface area (Å²) in [4.78, 5) is 28.5. The lowest BCUT2D eigenvalue weighted by molar-refractivity contribution is -0.115. The summed E-state index contributed by atoms with van der Waals surface area (Å²) in [6.45, 7) is -0.110. The fourth-order valence-electron chi connectivity index (χ4n) is 3.09. The number of anilines is 1. The first-order valence-corrected chi connectivity index (χ1v) is 8.19. The van der Waals surface area contributed by atoms with Crippen LogP contribution >= 0.6 is 0 Å². The molecule has 0 spiro atoms. The highest BCUT2D eigenvalue weighted by Gasteiger charge is 2.15. The van der Waals surface area contributed by atoms with E-state index < -0.39 is 0 Å². The van der Waals surface area contributed by atoms with Gasteiger partial charge in [0.05, 0.1) is 12.7 Å². The van der Waals surface area contributed by atoms with Crippen molar-refractivity contribution in [2.24, 2.45) is 0 Å². The Kier molecular flexibility index (Phi) is 3.89. The average molecular weight is 335 g/mol. The summed E-state index contributed by atoms with van der Waals surface area (Å²) in [5.41, 5.74) is 3.77. The van der Waals surface area contributed by atoms with E-state index in [1.165, 1.54) is 15.6 Å². The summed E-state index contributed by atoms with van der Waals surface area (Å²) in [7, 11) is 0. The van der Waals surface area contributed by atoms with E-state index in [4.69, 9.17) is 0 Å². The molecule has 0 fully saturated rings. The van der Waals surface area contributed by atoms with Gasteiger partial charge in [-0.3, -0.25) is 9.59 Å². The van der Waals surface area contributed by atoms with Crippen LogP contribution in [0.4, 0.5) is 5.82 Å². The molecule has 1 aromatic carbocycles. The van der Waals surface area contributed by atoms with Crippen LogP contribution in [0.1, 0.15) is 27.9 Å². The molecule has 0 bridgehead atoms. The van der Waals surface area contributed by atoms with Gasteiger partial charge in [0.25, 0.3) is 5.91 Å². The molecule has 25 heavy (non-hydrogen) atoms. The number of carbonyl (C=O) groups is 2. The Balaban J connectivity index is 1.38. The number of hydrogen-bond acceptors (Lipinski definition) is 4. The molecule has 7 nitrogen and oxygen atoms in total. The van der Waals surface area contributed by atoms with Crippen LogP contribution < -0.4 is 10.6 Å². The zero-order valence-corrected chi connectivity index (χ0v) is 13.5. The van der Waals surface area contributed by atoms with Crippen LogP contribution in [0.5, 0.6) is 0 Å². The summed E-state index contributed by atoms with van der Waals surface area (Å²) in [5, 5.41) is 9.48. The molecule has 0 unspecified atom stereocenters. The van der Waals surface area contributed by atoms with Gasteiger partial charge in [0.2, 0.25) is 5.91 Å². The summed E-state index contributed by atoms with van der Waals surface area (Å²) < 4.78 is 1.53. The molecule has 0 radical (unpaired) electrons. The van der Waals surface area contributed by atoms with Crippen molar-refractivity contribution in [3.8, 4) is 0 Å². The fraction of sp³-hybridized carbons (Fsp3) is 0.222. The van der Waals surface area contributed by atoms with Gasteiger partial charge < -0.3 is 10.6 Å². The van der Waals surface area contributed by atoms with Crippen molar-refractivity contribution in [2.45, 2.75) is 19.3 Å². The number of aromatic nitrogens is 3. The van der Waals surface area contributed by atoms with E-state index in [1.54, 1.807) is 24.5 Å². The first kappa shape index (κ1) is 15.3. The van der Waals surface area contributed by atoms with Gasteiger partial charge in [0, 0.05) is 17.8 Å². The normalized spacial score (nSPS) is 12.8. The average Bonchev–Trinajstić information content (AvgIpc) is 3.28. The van der Waals surface area contributed by atoms with Crippen molar-refractivity contribution >= 4 is 23.3 Å². The first-order valence-electron chi connectivity index (χ1n) is 8.19. The minimum absolute atomic E-state index is 0.110. The molecule has 4 rings (SSSR count). The Labute approximate surface area is 144 Å². The minimum atomic E-state index is -0.322. The molecule has 1 aliphatic carbocycles. The van der Waals surface area contributed by atoms with Gasteiger partial charge >= 0.3 is 0 Å². The van der Waals surface area contributed by atoms with Crippen LogP contribution in [-0.4, -0.2) is 33.0 Å². The molecular formula is C18H17N5O2. The van der Waals surface area contributed by atoms with Crippen LogP contribution in [0.25, 0.3) is 5.65 Å². The van der Waals surface area contributed by atoms with E-state index in [2.05, 4.69) is 20.7 Å². The van der Waals surface area contributed by atoms with Crippen LogP contribution in [-0.2, 0) is 17.6 Å². The quantitative estimate of drug-likeness (QED) is 0.758. The Bertz CT molecular complexity index is 963. The number of rotatable bonds is 4. The van der Waals surface area contributed by atoms with Gasteiger partial charge in [-0.25, -0.2) is 4.98 Å². The molecule has 1 aliphatic rings. The third-order valence-electron chi connectivity index (χ3n) is 4.33. The zero-order valence-electron chi connectivity index (χ0n) is 13.5. The molecule has 2 heterocycles. The highest BCUT2D eigenvalue weighted by atomic mass is 16.2. The van der Waals surface area contributed by atoms with Gasteiger partial charge in [-0.1, -0.05) is 6.07 Å². The van der Waals surface area contributed by atoms with Gasteiger partial charge in [-0.15, -0.1) is 0 Å². The molecule has 0 aliphatic heterocycles. The SMILES string of the molecule is O=C(CNC(=O)c1ccc2c(c1)CCC2)Nc1ccnc2ccnn12. The molecule has 3 aromatic rings. The Morgan fingerprint density at radius 2 is 1.96 bits per heavy atom. The second kappa shape index (κ2) is 6.35. The van der Waals surface area contributed by atoms with Crippen molar-refractivity contribution in [2.75, 3.05) is 11.9 Å². The lowest BCUT2D eigenvalue weighted by Crippen LogP contribution is -2.33. The van der Waals surface area contributed by atoms with E-state index in [0.29, 0.717) is 17.0 Å². The minimum Gasteiger partial charge on any atom is -0.343 e. The maximum atomic E-state index is 12.3. The van der Waals surface area contributed by atoms with Gasteiger partial charge in [-0.2, -0.15) is 9.61 Å². The predicted octanol–water partition coefficient (Wildman–Crippen LogP) is 1.59. The van der Waals surface area contributed by atoms with E-state index in [-0.39, 0.29) is 18.4 Å². The Hall–Kier alpha value is -3.22. The largest absolute Gasteiger partial charge is 0.343 e. The van der Waals surface area contributed by atoms with Gasteiger partial charge in [0.15, 0.2) is 5.65 Å². The van der Waals surface area contributed by atoms with Crippen molar-refractivity contribution < 1.29 is 9.59 Å². The number of amides is 2. The lowest BCUT2D eigenvalue weighted by Gasteiger charge is -2.09. The maximum absolute atomic E-state index is 12.3. The summed E-state index contributed by atoms with van der Waals surface area (Å²) in [6, 6.07) is 9.13. The second-order valence-corrected chi connectivity index (χ2v) is 6.00. The molecule has 0 saturated heterocycles. The van der Waals surface area contributed by atoms with Crippen molar-refractivity contribution in [3.05, 3.63) is 59.4 Å². The highest BCUT2D eigenvalue weighted by molar-refractivity contribution is 5.99. The number of benzene rings is 1. The molecule has 2 N–H and O–H groups in total. The van der Waals surface area contributed by atoms with E-state index in [9.17, 15) is 9.59 Å². The van der Waals surface area contributed by atoms with Crippen LogP contribution in [0, 0.1) is 0 Å². The van der Waals surface area contributed by atoms with Crippen molar-refractivity contribution in [1.82, 2.24) is 19.9 Å². The molecule has 2 amide bonds. The third-order valence-corrected chi connectivity index (χ3v) is 4.33. The second-order valence-electron chi connectivity index (χ2n) is 6.00. The van der Waals surface area contributed by atoms with Crippen LogP contribution in [0.2, 0.25) is 0 Å². The summed E-state index contributed by atoms with van der Waals surface area (Å²) in [5.74, 6) is -0.0619. The Morgan fingerprint density at radius 3 is 2.88 bits per heavy atom. The number of nitrogens with zero attached hydrogens (tertiary/aromatic N) is 3. The van der Waals surface area contributed by atoms with Crippen molar-refractivity contribution in [3.63, 3.8) is 0 Å². The molecule has 0 saturated carbocycles. The molecule has 7 heteroatoms. The van der Waals surface area contributed by atoms with E-state index in [1.807, 2.05) is 18.2 Å². The topological polar surface area (TPSA) is 88.4 Å². The van der Waals surface area contributed by atoms with Crippen LogP contribution in [0.3, 0.4) is 0 Å². The zero-order chi connectivity index (χ0) is 17.2. The fourth-order valence-corrected chi connectivity index (χ4v) is 3.09. The van der Waals surface area contributed by atoms with E-state index in [0.717, 1.165) is 19.3 Å². The lowest BCUT2D eigenvalue weighted by atomic mass is 10.1. The van der Waals surface area contributed by atoms with Gasteiger partial charge in [0.1, 0.15) is 5.82 Å². The van der Waals surface area contributed by atoms with Crippen molar-refractivity contribution in [1.29, 1.82) is 0 Å². The Morgan fingerprint density at radius 1 is 1.08 bits per heavy atom. The molecular weight excluding hydrogens is 318 g/mol. The molecule has 126 valence electrons. The van der Waals surface area contributed by atoms with Crippen LogP contribution in [0.15, 0.2) is 42.7 Å². The number of fused-ring (bicyclic) bond motifs is 2. The predicted molar refractivity (Wildman–Crippen MR) is 92.4 cm³/mol. The number of aryl methyl sites for hydroxylation is 2. The highest BCUT2D eigenvalue weighted by Crippen LogP contribution is 2.22. The van der Waals surface area contributed by atoms with E-state index >= 15 is 0 Å². The first-order chi connectivity index (χ1) is 12.2.